The second-order valence-electron chi connectivity index (χ2n) is 6.30. The van der Waals surface area contributed by atoms with Crippen LogP contribution in [0.5, 0.6) is 11.5 Å². The Balaban J connectivity index is 1.82. The number of hydrogen-bond donors (Lipinski definition) is 1. The number of sulfone groups is 1. The number of rotatable bonds is 4. The normalized spacial score (nSPS) is 25.6. The standard InChI is InChI=1S/C18H12ClNO6S/c19-11-2-4-12(5-3-11)27(23,24)16-15(18(16,8-20)17(21)22)10-1-6-13-14(7-10)26-9-25-13/h1-7,15-16H,9H2,(H,21,22)/t15-,16-,18+/m0/s1. The van der Waals surface area contributed by atoms with Crippen LogP contribution in [-0.2, 0) is 14.6 Å². The molecule has 0 saturated heterocycles. The third kappa shape index (κ3) is 2.46. The number of nitrogens with zero attached hydrogens (tertiary/aromatic N) is 1. The molecule has 2 aromatic carbocycles. The van der Waals surface area contributed by atoms with Gasteiger partial charge in [0, 0.05) is 10.9 Å². The maximum atomic E-state index is 13.1. The van der Waals surface area contributed by atoms with Crippen LogP contribution >= 0.6 is 11.6 Å². The van der Waals surface area contributed by atoms with Gasteiger partial charge in [-0.1, -0.05) is 17.7 Å². The third-order valence-electron chi connectivity index (χ3n) is 4.90. The van der Waals surface area contributed by atoms with E-state index >= 15 is 0 Å². The molecular formula is C18H12ClNO6S. The molecular weight excluding hydrogens is 394 g/mol. The minimum absolute atomic E-state index is 0.0261. The average molecular weight is 406 g/mol. The van der Waals surface area contributed by atoms with E-state index in [1.54, 1.807) is 18.2 Å². The van der Waals surface area contributed by atoms with Crippen molar-refractivity contribution in [1.29, 1.82) is 5.26 Å². The first-order valence-electron chi connectivity index (χ1n) is 7.86. The lowest BCUT2D eigenvalue weighted by Gasteiger charge is -2.05. The highest BCUT2D eigenvalue weighted by molar-refractivity contribution is 7.92. The SMILES string of the molecule is N#C[C@@]1(C(=O)O)[C@@H](c2ccc3c(c2)OCO3)[C@@H]1S(=O)(=O)c1ccc(Cl)cc1. The van der Waals surface area contributed by atoms with Gasteiger partial charge in [0.15, 0.2) is 26.8 Å². The fourth-order valence-corrected chi connectivity index (χ4v) is 5.91. The fraction of sp³-hybridized carbons (Fsp3) is 0.222. The quantitative estimate of drug-likeness (QED) is 0.831. The Morgan fingerprint density at radius 1 is 1.19 bits per heavy atom. The summed E-state index contributed by atoms with van der Waals surface area (Å²) in [4.78, 5) is 11.8. The molecule has 1 aliphatic heterocycles. The van der Waals surface area contributed by atoms with Gasteiger partial charge in [0.2, 0.25) is 6.79 Å². The summed E-state index contributed by atoms with van der Waals surface area (Å²) in [5, 5.41) is 18.2. The van der Waals surface area contributed by atoms with Crippen LogP contribution in [0.3, 0.4) is 0 Å². The monoisotopic (exact) mass is 405 g/mol. The molecule has 0 amide bonds. The number of halogens is 1. The van der Waals surface area contributed by atoms with Gasteiger partial charge in [-0.2, -0.15) is 5.26 Å². The van der Waals surface area contributed by atoms with Gasteiger partial charge in [-0.25, -0.2) is 8.42 Å². The zero-order chi connectivity index (χ0) is 19.4. The summed E-state index contributed by atoms with van der Waals surface area (Å²) in [6.07, 6.45) is 0. The molecule has 3 atom stereocenters. The summed E-state index contributed by atoms with van der Waals surface area (Å²) in [5.74, 6) is -1.64. The maximum absolute atomic E-state index is 13.1. The van der Waals surface area contributed by atoms with Crippen LogP contribution in [0.15, 0.2) is 47.4 Å². The van der Waals surface area contributed by atoms with E-state index in [4.69, 9.17) is 21.1 Å². The van der Waals surface area contributed by atoms with E-state index in [-0.39, 0.29) is 11.7 Å². The molecule has 27 heavy (non-hydrogen) atoms. The maximum Gasteiger partial charge on any atom is 0.326 e. The predicted molar refractivity (Wildman–Crippen MR) is 93.4 cm³/mol. The number of ether oxygens (including phenoxy) is 2. The number of aliphatic carboxylic acids is 1. The minimum Gasteiger partial charge on any atom is -0.480 e. The van der Waals surface area contributed by atoms with E-state index < -0.39 is 32.4 Å². The Hall–Kier alpha value is -2.76. The van der Waals surface area contributed by atoms with Crippen molar-refractivity contribution < 1.29 is 27.8 Å². The van der Waals surface area contributed by atoms with Crippen molar-refractivity contribution >= 4 is 27.4 Å². The van der Waals surface area contributed by atoms with E-state index in [2.05, 4.69) is 0 Å². The molecule has 2 aromatic rings. The fourth-order valence-electron chi connectivity index (χ4n) is 3.53. The second-order valence-corrected chi connectivity index (χ2v) is 8.80. The molecule has 7 nitrogen and oxygen atoms in total. The van der Waals surface area contributed by atoms with E-state index in [0.717, 1.165) is 0 Å². The summed E-state index contributed by atoms with van der Waals surface area (Å²) in [6.45, 7) is 0.0261. The van der Waals surface area contributed by atoms with Crippen LogP contribution in [-0.4, -0.2) is 31.5 Å². The molecule has 2 aliphatic rings. The highest BCUT2D eigenvalue weighted by atomic mass is 35.5. The van der Waals surface area contributed by atoms with Crippen molar-refractivity contribution in [1.82, 2.24) is 0 Å². The first-order valence-corrected chi connectivity index (χ1v) is 9.78. The molecule has 1 fully saturated rings. The zero-order valence-corrected chi connectivity index (χ0v) is 15.2. The number of nitriles is 1. The van der Waals surface area contributed by atoms with Crippen LogP contribution in [0.4, 0.5) is 0 Å². The molecule has 0 aromatic heterocycles. The van der Waals surface area contributed by atoms with Crippen LogP contribution < -0.4 is 9.47 Å². The molecule has 0 unspecified atom stereocenters. The number of fused-ring (bicyclic) bond motifs is 1. The lowest BCUT2D eigenvalue weighted by molar-refractivity contribution is -0.141. The van der Waals surface area contributed by atoms with Crippen molar-refractivity contribution in [3.8, 4) is 17.6 Å². The Labute approximate surface area is 159 Å². The van der Waals surface area contributed by atoms with E-state index in [0.29, 0.717) is 22.1 Å². The Bertz CT molecular complexity index is 1090. The number of carboxylic acid groups (broad SMARTS) is 1. The van der Waals surface area contributed by atoms with Gasteiger partial charge in [-0.05, 0) is 42.0 Å². The van der Waals surface area contributed by atoms with Crippen molar-refractivity contribution in [2.75, 3.05) is 6.79 Å². The van der Waals surface area contributed by atoms with Crippen LogP contribution in [0.1, 0.15) is 11.5 Å². The highest BCUT2D eigenvalue weighted by Gasteiger charge is 2.77. The minimum atomic E-state index is -4.09. The van der Waals surface area contributed by atoms with Crippen LogP contribution in [0.25, 0.3) is 0 Å². The summed E-state index contributed by atoms with van der Waals surface area (Å²) >= 11 is 5.80. The van der Waals surface area contributed by atoms with Gasteiger partial charge in [-0.15, -0.1) is 0 Å². The number of hydrogen-bond acceptors (Lipinski definition) is 6. The Morgan fingerprint density at radius 3 is 2.48 bits per heavy atom. The lowest BCUT2D eigenvalue weighted by atomic mass is 10.0. The van der Waals surface area contributed by atoms with E-state index in [1.807, 2.05) is 0 Å². The molecule has 1 saturated carbocycles. The first kappa shape index (κ1) is 17.6. The second kappa shape index (κ2) is 5.87. The Kier molecular flexibility index (Phi) is 3.84. The van der Waals surface area contributed by atoms with Crippen molar-refractivity contribution in [2.24, 2.45) is 5.41 Å². The number of carboxylic acids is 1. The van der Waals surface area contributed by atoms with Gasteiger partial charge in [0.05, 0.1) is 11.0 Å². The average Bonchev–Trinajstić information content (AvgIpc) is 3.15. The smallest absolute Gasteiger partial charge is 0.326 e. The number of benzene rings is 2. The van der Waals surface area contributed by atoms with Gasteiger partial charge >= 0.3 is 5.97 Å². The molecule has 0 spiro atoms. The van der Waals surface area contributed by atoms with Crippen LogP contribution in [0, 0.1) is 16.7 Å². The van der Waals surface area contributed by atoms with Gasteiger partial charge in [0.25, 0.3) is 0 Å². The largest absolute Gasteiger partial charge is 0.480 e. The zero-order valence-electron chi connectivity index (χ0n) is 13.6. The topological polar surface area (TPSA) is 114 Å². The van der Waals surface area contributed by atoms with E-state index in [9.17, 15) is 23.6 Å². The first-order chi connectivity index (χ1) is 12.8. The summed E-state index contributed by atoms with van der Waals surface area (Å²) in [7, 11) is -4.09. The molecule has 4 rings (SSSR count). The molecule has 1 heterocycles. The highest BCUT2D eigenvalue weighted by Crippen LogP contribution is 2.64. The molecule has 1 aliphatic carbocycles. The van der Waals surface area contributed by atoms with Gasteiger partial charge in [-0.3, -0.25) is 4.79 Å². The summed E-state index contributed by atoms with van der Waals surface area (Å²) in [5.41, 5.74) is -1.68. The lowest BCUT2D eigenvalue weighted by Crippen LogP contribution is -2.22. The predicted octanol–water partition coefficient (Wildman–Crippen LogP) is 2.60. The third-order valence-corrected chi connectivity index (χ3v) is 7.40. The van der Waals surface area contributed by atoms with Gasteiger partial charge in [0.1, 0.15) is 5.25 Å². The van der Waals surface area contributed by atoms with Crippen molar-refractivity contribution in [2.45, 2.75) is 16.1 Å². The summed E-state index contributed by atoms with van der Waals surface area (Å²) < 4.78 is 36.7. The molecule has 9 heteroatoms. The Morgan fingerprint density at radius 2 is 1.85 bits per heavy atom. The molecule has 0 bridgehead atoms. The summed E-state index contributed by atoms with van der Waals surface area (Å²) in [6, 6.07) is 11.8. The van der Waals surface area contributed by atoms with Crippen molar-refractivity contribution in [3.05, 3.63) is 53.1 Å². The van der Waals surface area contributed by atoms with E-state index in [1.165, 1.54) is 30.3 Å². The molecule has 1 N–H and O–H groups in total. The molecule has 0 radical (unpaired) electrons. The van der Waals surface area contributed by atoms with Crippen LogP contribution in [0.2, 0.25) is 5.02 Å². The number of carbonyl (C=O) groups is 1. The van der Waals surface area contributed by atoms with Gasteiger partial charge < -0.3 is 14.6 Å². The van der Waals surface area contributed by atoms with Crippen molar-refractivity contribution in [3.63, 3.8) is 0 Å². The molecule has 138 valence electrons.